The van der Waals surface area contributed by atoms with Crippen LogP contribution in [-0.4, -0.2) is 25.3 Å². The van der Waals surface area contributed by atoms with Crippen molar-refractivity contribution in [2.24, 2.45) is 0 Å². The van der Waals surface area contributed by atoms with Crippen LogP contribution < -0.4 is 9.64 Å². The molecule has 0 saturated carbocycles. The molecule has 0 spiro atoms. The van der Waals surface area contributed by atoms with Gasteiger partial charge in [0.1, 0.15) is 12.4 Å². The van der Waals surface area contributed by atoms with Crippen molar-refractivity contribution in [3.63, 3.8) is 0 Å². The van der Waals surface area contributed by atoms with Gasteiger partial charge in [-0.15, -0.1) is 0 Å². The van der Waals surface area contributed by atoms with E-state index in [1.54, 1.807) is 4.90 Å². The summed E-state index contributed by atoms with van der Waals surface area (Å²) < 4.78 is 11.3. The van der Waals surface area contributed by atoms with Gasteiger partial charge in [-0.2, -0.15) is 0 Å². The van der Waals surface area contributed by atoms with Gasteiger partial charge >= 0.3 is 6.09 Å². The Hall–Kier alpha value is -3.01. The predicted octanol–water partition coefficient (Wildman–Crippen LogP) is 4.55. The third-order valence-electron chi connectivity index (χ3n) is 4.44. The number of cyclic esters (lactones) is 1. The molecule has 0 radical (unpaired) electrons. The molecule has 0 aromatic heterocycles. The second-order valence-electron chi connectivity index (χ2n) is 6.22. The Labute approximate surface area is 146 Å². The second kappa shape index (κ2) is 6.48. The number of amides is 1. The van der Waals surface area contributed by atoms with Gasteiger partial charge in [0.05, 0.1) is 6.54 Å². The van der Waals surface area contributed by atoms with Crippen molar-refractivity contribution in [1.82, 2.24) is 0 Å². The van der Waals surface area contributed by atoms with Crippen LogP contribution in [0.3, 0.4) is 0 Å². The van der Waals surface area contributed by atoms with Gasteiger partial charge in [-0.3, -0.25) is 4.90 Å². The number of hydrogen-bond acceptors (Lipinski definition) is 3. The SMILES string of the molecule is Cc1ccccc1OCC1CN(c2ccc3ccccc3c2)C(=O)O1. The molecule has 3 aromatic rings. The van der Waals surface area contributed by atoms with E-state index in [9.17, 15) is 4.79 Å². The van der Waals surface area contributed by atoms with Crippen molar-refractivity contribution in [3.05, 3.63) is 72.3 Å². The summed E-state index contributed by atoms with van der Waals surface area (Å²) in [7, 11) is 0. The fraction of sp³-hybridized carbons (Fsp3) is 0.190. The number of anilines is 1. The molecule has 4 rings (SSSR count). The van der Waals surface area contributed by atoms with Gasteiger partial charge < -0.3 is 9.47 Å². The predicted molar refractivity (Wildman–Crippen MR) is 98.2 cm³/mol. The maximum atomic E-state index is 12.2. The van der Waals surface area contributed by atoms with Crippen LogP contribution in [0.2, 0.25) is 0 Å². The quantitative estimate of drug-likeness (QED) is 0.703. The van der Waals surface area contributed by atoms with Crippen LogP contribution in [0.1, 0.15) is 5.56 Å². The molecule has 1 aliphatic rings. The molecule has 1 saturated heterocycles. The Bertz CT molecular complexity index is 922. The number of benzene rings is 3. The van der Waals surface area contributed by atoms with E-state index in [1.807, 2.05) is 67.6 Å². The van der Waals surface area contributed by atoms with Crippen LogP contribution in [-0.2, 0) is 4.74 Å². The van der Waals surface area contributed by atoms with Crippen molar-refractivity contribution in [2.75, 3.05) is 18.1 Å². The van der Waals surface area contributed by atoms with Gasteiger partial charge in [0, 0.05) is 5.69 Å². The molecule has 1 fully saturated rings. The molecule has 4 heteroatoms. The number of para-hydroxylation sites is 1. The minimum atomic E-state index is -0.325. The zero-order chi connectivity index (χ0) is 17.2. The largest absolute Gasteiger partial charge is 0.489 e. The van der Waals surface area contributed by atoms with Gasteiger partial charge in [0.15, 0.2) is 6.10 Å². The first-order valence-electron chi connectivity index (χ1n) is 8.36. The lowest BCUT2D eigenvalue weighted by atomic mass is 10.1. The zero-order valence-electron chi connectivity index (χ0n) is 14.0. The third kappa shape index (κ3) is 3.15. The highest BCUT2D eigenvalue weighted by atomic mass is 16.6. The fourth-order valence-corrected chi connectivity index (χ4v) is 3.06. The van der Waals surface area contributed by atoms with E-state index in [-0.39, 0.29) is 12.2 Å². The number of aryl methyl sites for hydroxylation is 1. The van der Waals surface area contributed by atoms with Crippen LogP contribution in [0.25, 0.3) is 10.8 Å². The first-order chi connectivity index (χ1) is 12.2. The van der Waals surface area contributed by atoms with Crippen LogP contribution in [0, 0.1) is 6.92 Å². The van der Waals surface area contributed by atoms with E-state index in [1.165, 1.54) is 0 Å². The van der Waals surface area contributed by atoms with Crippen LogP contribution in [0.15, 0.2) is 66.7 Å². The number of rotatable bonds is 4. The summed E-state index contributed by atoms with van der Waals surface area (Å²) in [5.41, 5.74) is 1.92. The summed E-state index contributed by atoms with van der Waals surface area (Å²) in [4.78, 5) is 13.9. The van der Waals surface area contributed by atoms with Crippen molar-refractivity contribution in [1.29, 1.82) is 0 Å². The minimum Gasteiger partial charge on any atom is -0.489 e. The van der Waals surface area contributed by atoms with Crippen LogP contribution in [0.5, 0.6) is 5.75 Å². The van der Waals surface area contributed by atoms with Crippen molar-refractivity contribution >= 4 is 22.6 Å². The molecular formula is C21H19NO3. The van der Waals surface area contributed by atoms with Gasteiger partial charge in [-0.05, 0) is 41.5 Å². The summed E-state index contributed by atoms with van der Waals surface area (Å²) >= 11 is 0. The van der Waals surface area contributed by atoms with Crippen molar-refractivity contribution < 1.29 is 14.3 Å². The molecule has 0 N–H and O–H groups in total. The molecule has 126 valence electrons. The van der Waals surface area contributed by atoms with E-state index in [0.717, 1.165) is 27.8 Å². The van der Waals surface area contributed by atoms with Crippen LogP contribution in [0.4, 0.5) is 10.5 Å². The highest BCUT2D eigenvalue weighted by molar-refractivity contribution is 5.94. The molecule has 1 amide bonds. The Kier molecular flexibility index (Phi) is 4.02. The van der Waals surface area contributed by atoms with Gasteiger partial charge in [-0.1, -0.05) is 48.5 Å². The average molecular weight is 333 g/mol. The zero-order valence-corrected chi connectivity index (χ0v) is 14.0. The van der Waals surface area contributed by atoms with Crippen LogP contribution >= 0.6 is 0 Å². The Morgan fingerprint density at radius 2 is 1.80 bits per heavy atom. The number of fused-ring (bicyclic) bond motifs is 1. The first kappa shape index (κ1) is 15.5. The molecule has 3 aromatic carbocycles. The standard InChI is InChI=1S/C21H19NO3/c1-15-6-2-5-9-20(15)24-14-19-13-22(21(23)25-19)18-11-10-16-7-3-4-8-17(16)12-18/h2-12,19H,13-14H2,1H3. The van der Waals surface area contributed by atoms with Gasteiger partial charge in [-0.25, -0.2) is 4.79 Å². The van der Waals surface area contributed by atoms with E-state index in [4.69, 9.17) is 9.47 Å². The number of hydrogen-bond donors (Lipinski definition) is 0. The average Bonchev–Trinajstić information content (AvgIpc) is 3.01. The molecule has 1 atom stereocenters. The molecule has 4 nitrogen and oxygen atoms in total. The Morgan fingerprint density at radius 3 is 2.64 bits per heavy atom. The molecule has 25 heavy (non-hydrogen) atoms. The Balaban J connectivity index is 1.47. The molecular weight excluding hydrogens is 314 g/mol. The lowest BCUT2D eigenvalue weighted by Crippen LogP contribution is -2.26. The normalized spacial score (nSPS) is 16.9. The van der Waals surface area contributed by atoms with Gasteiger partial charge in [0.2, 0.25) is 0 Å². The molecule has 0 aliphatic carbocycles. The maximum absolute atomic E-state index is 12.2. The van der Waals surface area contributed by atoms with E-state index in [0.29, 0.717) is 13.2 Å². The lowest BCUT2D eigenvalue weighted by molar-refractivity contribution is 0.105. The van der Waals surface area contributed by atoms with E-state index < -0.39 is 0 Å². The smallest absolute Gasteiger partial charge is 0.414 e. The van der Waals surface area contributed by atoms with E-state index in [2.05, 4.69) is 6.07 Å². The molecule has 1 heterocycles. The summed E-state index contributed by atoms with van der Waals surface area (Å²) in [5, 5.41) is 2.26. The van der Waals surface area contributed by atoms with E-state index >= 15 is 0 Å². The highest BCUT2D eigenvalue weighted by Gasteiger charge is 2.33. The number of nitrogens with zero attached hydrogens (tertiary/aromatic N) is 1. The van der Waals surface area contributed by atoms with Gasteiger partial charge in [0.25, 0.3) is 0 Å². The number of carbonyl (C=O) groups is 1. The van der Waals surface area contributed by atoms with Crippen molar-refractivity contribution in [2.45, 2.75) is 13.0 Å². The lowest BCUT2D eigenvalue weighted by Gasteiger charge is -2.14. The summed E-state index contributed by atoms with van der Waals surface area (Å²) in [6.45, 7) is 2.83. The summed E-state index contributed by atoms with van der Waals surface area (Å²) in [6, 6.07) is 21.9. The third-order valence-corrected chi connectivity index (χ3v) is 4.44. The Morgan fingerprint density at radius 1 is 1.04 bits per heavy atom. The maximum Gasteiger partial charge on any atom is 0.414 e. The second-order valence-corrected chi connectivity index (χ2v) is 6.22. The molecule has 1 aliphatic heterocycles. The number of carbonyl (C=O) groups excluding carboxylic acids is 1. The first-order valence-corrected chi connectivity index (χ1v) is 8.36. The summed E-state index contributed by atoms with van der Waals surface area (Å²) in [5.74, 6) is 0.822. The molecule has 0 bridgehead atoms. The fourth-order valence-electron chi connectivity index (χ4n) is 3.06. The highest BCUT2D eigenvalue weighted by Crippen LogP contribution is 2.26. The topological polar surface area (TPSA) is 38.8 Å². The monoisotopic (exact) mass is 333 g/mol. The molecule has 1 unspecified atom stereocenters. The number of ether oxygens (including phenoxy) is 2. The minimum absolute atomic E-state index is 0.279. The van der Waals surface area contributed by atoms with Crippen molar-refractivity contribution in [3.8, 4) is 5.75 Å². The summed E-state index contributed by atoms with van der Waals surface area (Å²) in [6.07, 6.45) is -0.604.